The minimum Gasteiger partial charge on any atom is -0.369 e. The summed E-state index contributed by atoms with van der Waals surface area (Å²) in [6.45, 7) is 1.94. The van der Waals surface area contributed by atoms with Gasteiger partial charge in [-0.15, -0.1) is 0 Å². The molecular weight excluding hydrogens is 294 g/mol. The van der Waals surface area contributed by atoms with Gasteiger partial charge in [0.15, 0.2) is 0 Å². The van der Waals surface area contributed by atoms with Crippen molar-refractivity contribution in [1.82, 2.24) is 15.2 Å². The van der Waals surface area contributed by atoms with Crippen LogP contribution in [0.25, 0.3) is 0 Å². The SMILES string of the molecule is CNC(=O)c1ccc([C@H]2CCCN(CC(N)=O)C2)nc1N(C)C. The fourth-order valence-corrected chi connectivity index (χ4v) is 3.00. The number of nitrogens with two attached hydrogens (primary N) is 1. The number of pyridine rings is 1. The quantitative estimate of drug-likeness (QED) is 0.807. The second-order valence-electron chi connectivity index (χ2n) is 6.12. The van der Waals surface area contributed by atoms with Gasteiger partial charge in [0, 0.05) is 39.3 Å². The van der Waals surface area contributed by atoms with E-state index in [0.29, 0.717) is 11.4 Å². The summed E-state index contributed by atoms with van der Waals surface area (Å²) in [6.07, 6.45) is 2.03. The molecular formula is C16H25N5O2. The lowest BCUT2D eigenvalue weighted by Gasteiger charge is -2.32. The first-order valence-corrected chi connectivity index (χ1v) is 7.83. The maximum Gasteiger partial charge on any atom is 0.254 e. The Hall–Kier alpha value is -2.15. The van der Waals surface area contributed by atoms with Gasteiger partial charge in [0.25, 0.3) is 5.91 Å². The van der Waals surface area contributed by atoms with E-state index < -0.39 is 0 Å². The van der Waals surface area contributed by atoms with E-state index in [1.165, 1.54) is 0 Å². The molecule has 1 aliphatic heterocycles. The summed E-state index contributed by atoms with van der Waals surface area (Å²) in [5.41, 5.74) is 6.81. The van der Waals surface area contributed by atoms with Gasteiger partial charge in [-0.25, -0.2) is 4.98 Å². The minimum atomic E-state index is -0.303. The molecule has 0 bridgehead atoms. The van der Waals surface area contributed by atoms with Crippen molar-refractivity contribution < 1.29 is 9.59 Å². The third kappa shape index (κ3) is 4.19. The molecule has 7 heteroatoms. The standard InChI is InChI=1S/C16H25N5O2/c1-18-16(23)12-6-7-13(19-15(12)20(2)3)11-5-4-8-21(9-11)10-14(17)22/h6-7,11H,4-5,8-10H2,1-3H3,(H2,17,22)(H,18,23)/t11-/m0/s1. The molecule has 1 aromatic heterocycles. The largest absolute Gasteiger partial charge is 0.369 e. The van der Waals surface area contributed by atoms with Crippen LogP contribution >= 0.6 is 0 Å². The number of primary amides is 1. The summed E-state index contributed by atoms with van der Waals surface area (Å²) in [4.78, 5) is 31.7. The van der Waals surface area contributed by atoms with E-state index >= 15 is 0 Å². The average molecular weight is 319 g/mol. The molecule has 1 saturated heterocycles. The van der Waals surface area contributed by atoms with Crippen LogP contribution in [0, 0.1) is 0 Å². The lowest BCUT2D eigenvalue weighted by molar-refractivity contribution is -0.119. The summed E-state index contributed by atoms with van der Waals surface area (Å²) in [7, 11) is 5.36. The molecule has 0 aromatic carbocycles. The van der Waals surface area contributed by atoms with Crippen molar-refractivity contribution in [2.45, 2.75) is 18.8 Å². The van der Waals surface area contributed by atoms with Crippen LogP contribution in [0.5, 0.6) is 0 Å². The predicted octanol–water partition coefficient (Wildman–Crippen LogP) is 0.172. The highest BCUT2D eigenvalue weighted by atomic mass is 16.2. The first-order chi connectivity index (χ1) is 10.9. The van der Waals surface area contributed by atoms with Crippen LogP contribution in [-0.4, -0.2) is 62.5 Å². The average Bonchev–Trinajstić information content (AvgIpc) is 2.53. The summed E-state index contributed by atoms with van der Waals surface area (Å²) in [6, 6.07) is 3.74. The third-order valence-electron chi connectivity index (χ3n) is 4.10. The van der Waals surface area contributed by atoms with Crippen LogP contribution in [0.3, 0.4) is 0 Å². The summed E-state index contributed by atoms with van der Waals surface area (Å²) >= 11 is 0. The molecule has 1 fully saturated rings. The zero-order valence-electron chi connectivity index (χ0n) is 14.0. The number of piperidine rings is 1. The van der Waals surface area contributed by atoms with E-state index in [0.717, 1.165) is 31.6 Å². The number of hydrogen-bond acceptors (Lipinski definition) is 5. The Labute approximate surface area is 136 Å². The molecule has 126 valence electrons. The fourth-order valence-electron chi connectivity index (χ4n) is 3.00. The number of aromatic nitrogens is 1. The van der Waals surface area contributed by atoms with Crippen molar-refractivity contribution in [3.63, 3.8) is 0 Å². The van der Waals surface area contributed by atoms with Crippen LogP contribution in [0.1, 0.15) is 34.8 Å². The normalized spacial score (nSPS) is 18.5. The topological polar surface area (TPSA) is 91.6 Å². The zero-order chi connectivity index (χ0) is 17.0. The maximum atomic E-state index is 12.0. The number of carbonyl (C=O) groups is 2. The Bertz CT molecular complexity index is 588. The number of nitrogens with zero attached hydrogens (tertiary/aromatic N) is 3. The highest BCUT2D eigenvalue weighted by molar-refractivity contribution is 5.98. The number of rotatable bonds is 5. The van der Waals surface area contributed by atoms with Crippen LogP contribution in [-0.2, 0) is 4.79 Å². The zero-order valence-corrected chi connectivity index (χ0v) is 14.0. The van der Waals surface area contributed by atoms with Crippen molar-refractivity contribution in [3.8, 4) is 0 Å². The number of hydrogen-bond donors (Lipinski definition) is 2. The van der Waals surface area contributed by atoms with Crippen LogP contribution in [0.15, 0.2) is 12.1 Å². The molecule has 0 saturated carbocycles. The van der Waals surface area contributed by atoms with Gasteiger partial charge in [-0.1, -0.05) is 0 Å². The summed E-state index contributed by atoms with van der Waals surface area (Å²) < 4.78 is 0. The number of amides is 2. The van der Waals surface area contributed by atoms with E-state index in [1.807, 2.05) is 31.1 Å². The molecule has 1 aromatic rings. The predicted molar refractivity (Wildman–Crippen MR) is 89.6 cm³/mol. The monoisotopic (exact) mass is 319 g/mol. The Kier molecular flexibility index (Phi) is 5.54. The van der Waals surface area contributed by atoms with E-state index in [-0.39, 0.29) is 24.3 Å². The van der Waals surface area contributed by atoms with Crippen LogP contribution < -0.4 is 16.0 Å². The second kappa shape index (κ2) is 7.41. The van der Waals surface area contributed by atoms with Crippen LogP contribution in [0.4, 0.5) is 5.82 Å². The Morgan fingerprint density at radius 2 is 2.17 bits per heavy atom. The molecule has 1 aliphatic rings. The third-order valence-corrected chi connectivity index (χ3v) is 4.10. The Balaban J connectivity index is 2.24. The first-order valence-electron chi connectivity index (χ1n) is 7.83. The second-order valence-corrected chi connectivity index (χ2v) is 6.12. The number of anilines is 1. The molecule has 1 atom stereocenters. The molecule has 2 heterocycles. The van der Waals surface area contributed by atoms with E-state index in [4.69, 9.17) is 10.7 Å². The van der Waals surface area contributed by atoms with Crippen molar-refractivity contribution in [3.05, 3.63) is 23.4 Å². The highest BCUT2D eigenvalue weighted by Crippen LogP contribution is 2.28. The van der Waals surface area contributed by atoms with Gasteiger partial charge in [-0.2, -0.15) is 0 Å². The molecule has 0 spiro atoms. The maximum absolute atomic E-state index is 12.0. The Morgan fingerprint density at radius 3 is 2.78 bits per heavy atom. The molecule has 0 radical (unpaired) electrons. The fraction of sp³-hybridized carbons (Fsp3) is 0.562. The highest BCUT2D eigenvalue weighted by Gasteiger charge is 2.24. The molecule has 0 aliphatic carbocycles. The van der Waals surface area contributed by atoms with Crippen molar-refractivity contribution in [2.75, 3.05) is 45.7 Å². The molecule has 23 heavy (non-hydrogen) atoms. The van der Waals surface area contributed by atoms with Gasteiger partial charge >= 0.3 is 0 Å². The molecule has 2 amide bonds. The van der Waals surface area contributed by atoms with Crippen LogP contribution in [0.2, 0.25) is 0 Å². The van der Waals surface area contributed by atoms with Gasteiger partial charge in [0.1, 0.15) is 5.82 Å². The van der Waals surface area contributed by atoms with E-state index in [9.17, 15) is 9.59 Å². The van der Waals surface area contributed by atoms with Gasteiger partial charge < -0.3 is 16.0 Å². The molecule has 7 nitrogen and oxygen atoms in total. The lowest BCUT2D eigenvalue weighted by Crippen LogP contribution is -2.40. The van der Waals surface area contributed by atoms with E-state index in [1.54, 1.807) is 7.05 Å². The first kappa shape index (κ1) is 17.2. The van der Waals surface area contributed by atoms with Gasteiger partial charge in [0.05, 0.1) is 12.1 Å². The van der Waals surface area contributed by atoms with Crippen molar-refractivity contribution in [2.24, 2.45) is 5.73 Å². The Morgan fingerprint density at radius 1 is 1.43 bits per heavy atom. The number of carbonyl (C=O) groups excluding carboxylic acids is 2. The number of likely N-dealkylation sites (tertiary alicyclic amines) is 1. The van der Waals surface area contributed by atoms with Crippen molar-refractivity contribution >= 4 is 17.6 Å². The summed E-state index contributed by atoms with van der Waals surface area (Å²) in [5, 5.41) is 2.64. The molecule has 0 unspecified atom stereocenters. The van der Waals surface area contributed by atoms with Gasteiger partial charge in [0.2, 0.25) is 5.91 Å². The minimum absolute atomic E-state index is 0.147. The molecule has 2 rings (SSSR count). The van der Waals surface area contributed by atoms with Crippen molar-refractivity contribution in [1.29, 1.82) is 0 Å². The summed E-state index contributed by atoms with van der Waals surface area (Å²) in [5.74, 6) is 0.462. The van der Waals surface area contributed by atoms with E-state index in [2.05, 4.69) is 10.2 Å². The lowest BCUT2D eigenvalue weighted by atomic mass is 9.93. The van der Waals surface area contributed by atoms with Gasteiger partial charge in [-0.05, 0) is 31.5 Å². The van der Waals surface area contributed by atoms with Gasteiger partial charge in [-0.3, -0.25) is 14.5 Å². The number of nitrogens with one attached hydrogen (secondary N) is 1. The molecule has 3 N–H and O–H groups in total. The smallest absolute Gasteiger partial charge is 0.254 e.